The average Bonchev–Trinajstić information content (AvgIpc) is 2.74. The molecule has 2 aromatic carbocycles. The van der Waals surface area contributed by atoms with E-state index >= 15 is 0 Å². The molecule has 0 aliphatic carbocycles. The Labute approximate surface area is 175 Å². The van der Waals surface area contributed by atoms with E-state index in [2.05, 4.69) is 17.4 Å². The highest BCUT2D eigenvalue weighted by molar-refractivity contribution is 7.99. The first-order valence-electron chi connectivity index (χ1n) is 9.48. The fourth-order valence-corrected chi connectivity index (χ4v) is 4.74. The zero-order chi connectivity index (χ0) is 19.9. The summed E-state index contributed by atoms with van der Waals surface area (Å²) in [6, 6.07) is 15.7. The molecule has 2 amide bonds. The number of hydrogen-bond donors (Lipinski definition) is 1. The van der Waals surface area contributed by atoms with E-state index in [0.717, 1.165) is 41.6 Å². The van der Waals surface area contributed by atoms with E-state index in [0.29, 0.717) is 5.56 Å². The third-order valence-electron chi connectivity index (χ3n) is 4.74. The number of anilines is 1. The molecule has 0 saturated carbocycles. The number of amides is 2. The molecule has 1 aliphatic rings. The number of nitrogens with one attached hydrogen (secondary N) is 1. The highest BCUT2D eigenvalue weighted by Gasteiger charge is 2.20. The van der Waals surface area contributed by atoms with Crippen molar-refractivity contribution < 1.29 is 9.59 Å². The standard InChI is InChI=1S/C22H26N2O2S2/c1-16-14-19(22(26)24-10-12-27-13-11-24)8-9-20(16)23-21(25)17(2)28-15-18-6-4-3-5-7-18/h3-9,14,17H,10-13,15H2,1-2H3,(H,23,25). The molecule has 148 valence electrons. The molecule has 0 bridgehead atoms. The molecule has 1 heterocycles. The van der Waals surface area contributed by atoms with Gasteiger partial charge in [0.2, 0.25) is 5.91 Å². The Bertz CT molecular complexity index is 821. The minimum Gasteiger partial charge on any atom is -0.337 e. The second-order valence-corrected chi connectivity index (χ2v) is 9.42. The van der Waals surface area contributed by atoms with E-state index in [9.17, 15) is 9.59 Å². The van der Waals surface area contributed by atoms with Crippen molar-refractivity contribution in [2.45, 2.75) is 24.9 Å². The lowest BCUT2D eigenvalue weighted by Gasteiger charge is -2.26. The van der Waals surface area contributed by atoms with Crippen molar-refractivity contribution in [3.8, 4) is 0 Å². The number of hydrogen-bond acceptors (Lipinski definition) is 4. The molecule has 2 aromatic rings. The number of carbonyl (C=O) groups excluding carboxylic acids is 2. The van der Waals surface area contributed by atoms with Crippen molar-refractivity contribution in [1.29, 1.82) is 0 Å². The molecule has 28 heavy (non-hydrogen) atoms. The lowest BCUT2D eigenvalue weighted by atomic mass is 10.1. The zero-order valence-corrected chi connectivity index (χ0v) is 17.9. The third-order valence-corrected chi connectivity index (χ3v) is 6.90. The molecule has 4 nitrogen and oxygen atoms in total. The number of nitrogens with zero attached hydrogens (tertiary/aromatic N) is 1. The fourth-order valence-electron chi connectivity index (χ4n) is 2.99. The predicted octanol–water partition coefficient (Wildman–Crippen LogP) is 4.44. The molecule has 1 N–H and O–H groups in total. The fraction of sp³-hybridized carbons (Fsp3) is 0.364. The van der Waals surface area contributed by atoms with Crippen LogP contribution in [-0.2, 0) is 10.5 Å². The maximum Gasteiger partial charge on any atom is 0.253 e. The van der Waals surface area contributed by atoms with E-state index in [-0.39, 0.29) is 17.1 Å². The quantitative estimate of drug-likeness (QED) is 0.759. The second kappa shape index (κ2) is 10.0. The van der Waals surface area contributed by atoms with Crippen molar-refractivity contribution in [2.24, 2.45) is 0 Å². The molecule has 0 spiro atoms. The Morgan fingerprint density at radius 2 is 1.86 bits per heavy atom. The number of thioether (sulfide) groups is 2. The lowest BCUT2D eigenvalue weighted by Crippen LogP contribution is -2.37. The molecule has 6 heteroatoms. The minimum absolute atomic E-state index is 0.0174. The van der Waals surface area contributed by atoms with Crippen LogP contribution in [0.15, 0.2) is 48.5 Å². The van der Waals surface area contributed by atoms with Crippen LogP contribution in [0.25, 0.3) is 0 Å². The van der Waals surface area contributed by atoms with E-state index in [1.54, 1.807) is 11.8 Å². The first-order valence-corrected chi connectivity index (χ1v) is 11.7. The lowest BCUT2D eigenvalue weighted by molar-refractivity contribution is -0.115. The van der Waals surface area contributed by atoms with Crippen LogP contribution < -0.4 is 5.32 Å². The summed E-state index contributed by atoms with van der Waals surface area (Å²) in [6.07, 6.45) is 0. The molecule has 1 fully saturated rings. The molecule has 1 unspecified atom stereocenters. The Balaban J connectivity index is 1.57. The number of benzene rings is 2. The van der Waals surface area contributed by atoms with Gasteiger partial charge < -0.3 is 10.2 Å². The zero-order valence-electron chi connectivity index (χ0n) is 16.3. The van der Waals surface area contributed by atoms with Crippen LogP contribution in [0.5, 0.6) is 0 Å². The van der Waals surface area contributed by atoms with Crippen LogP contribution in [-0.4, -0.2) is 46.6 Å². The topological polar surface area (TPSA) is 49.4 Å². The Kier molecular flexibility index (Phi) is 7.45. The average molecular weight is 415 g/mol. The van der Waals surface area contributed by atoms with Gasteiger partial charge in [-0.05, 0) is 43.2 Å². The van der Waals surface area contributed by atoms with Gasteiger partial charge in [-0.15, -0.1) is 11.8 Å². The van der Waals surface area contributed by atoms with Crippen molar-refractivity contribution in [2.75, 3.05) is 29.9 Å². The number of carbonyl (C=O) groups is 2. The van der Waals surface area contributed by atoms with Gasteiger partial charge >= 0.3 is 0 Å². The van der Waals surface area contributed by atoms with Gasteiger partial charge in [-0.25, -0.2) is 0 Å². The molecule has 0 aromatic heterocycles. The summed E-state index contributed by atoms with van der Waals surface area (Å²) in [6.45, 7) is 5.46. The van der Waals surface area contributed by atoms with E-state index in [1.165, 1.54) is 5.56 Å². The molecule has 0 radical (unpaired) electrons. The monoisotopic (exact) mass is 414 g/mol. The molecule has 1 atom stereocenters. The summed E-state index contributed by atoms with van der Waals surface area (Å²) in [5.41, 5.74) is 3.57. The Morgan fingerprint density at radius 1 is 1.14 bits per heavy atom. The van der Waals surface area contributed by atoms with Crippen molar-refractivity contribution >= 4 is 41.0 Å². The Morgan fingerprint density at radius 3 is 2.54 bits per heavy atom. The summed E-state index contributed by atoms with van der Waals surface area (Å²) in [5.74, 6) is 2.86. The summed E-state index contributed by atoms with van der Waals surface area (Å²) in [7, 11) is 0. The summed E-state index contributed by atoms with van der Waals surface area (Å²) in [5, 5.41) is 2.84. The van der Waals surface area contributed by atoms with Crippen molar-refractivity contribution in [1.82, 2.24) is 4.90 Å². The molecule has 1 aliphatic heterocycles. The maximum absolute atomic E-state index is 12.6. The SMILES string of the molecule is Cc1cc(C(=O)N2CCSCC2)ccc1NC(=O)C(C)SCc1ccccc1. The van der Waals surface area contributed by atoms with Crippen LogP contribution in [0.2, 0.25) is 0 Å². The van der Waals surface area contributed by atoms with E-state index in [1.807, 2.05) is 66.9 Å². The van der Waals surface area contributed by atoms with Gasteiger partial charge in [0.25, 0.3) is 5.91 Å². The molecular weight excluding hydrogens is 388 g/mol. The number of rotatable bonds is 6. The second-order valence-electron chi connectivity index (χ2n) is 6.86. The van der Waals surface area contributed by atoms with Crippen molar-refractivity contribution in [3.63, 3.8) is 0 Å². The van der Waals surface area contributed by atoms with Crippen LogP contribution >= 0.6 is 23.5 Å². The highest BCUT2D eigenvalue weighted by atomic mass is 32.2. The summed E-state index contributed by atoms with van der Waals surface area (Å²) in [4.78, 5) is 27.1. The molecule has 1 saturated heterocycles. The van der Waals surface area contributed by atoms with Gasteiger partial charge in [0.15, 0.2) is 0 Å². The summed E-state index contributed by atoms with van der Waals surface area (Å²) < 4.78 is 0. The normalized spacial score (nSPS) is 15.1. The maximum atomic E-state index is 12.6. The van der Waals surface area contributed by atoms with Crippen LogP contribution in [0.3, 0.4) is 0 Å². The number of aryl methyl sites for hydroxylation is 1. The van der Waals surface area contributed by atoms with Crippen molar-refractivity contribution in [3.05, 3.63) is 65.2 Å². The Hall–Kier alpha value is -1.92. The minimum atomic E-state index is -0.160. The van der Waals surface area contributed by atoms with Crippen LogP contribution in [0.4, 0.5) is 5.69 Å². The van der Waals surface area contributed by atoms with Gasteiger partial charge in [0.1, 0.15) is 0 Å². The van der Waals surface area contributed by atoms with Gasteiger partial charge in [0.05, 0.1) is 5.25 Å². The van der Waals surface area contributed by atoms with E-state index < -0.39 is 0 Å². The largest absolute Gasteiger partial charge is 0.337 e. The van der Waals surface area contributed by atoms with Crippen LogP contribution in [0, 0.1) is 6.92 Å². The van der Waals surface area contributed by atoms with Crippen LogP contribution in [0.1, 0.15) is 28.4 Å². The highest BCUT2D eigenvalue weighted by Crippen LogP contribution is 2.22. The molecule has 3 rings (SSSR count). The smallest absolute Gasteiger partial charge is 0.253 e. The first-order chi connectivity index (χ1) is 13.5. The van der Waals surface area contributed by atoms with Gasteiger partial charge in [-0.3, -0.25) is 9.59 Å². The van der Waals surface area contributed by atoms with E-state index in [4.69, 9.17) is 0 Å². The third kappa shape index (κ3) is 5.55. The van der Waals surface area contributed by atoms with Gasteiger partial charge in [0, 0.05) is 41.6 Å². The van der Waals surface area contributed by atoms with Gasteiger partial charge in [-0.1, -0.05) is 30.3 Å². The summed E-state index contributed by atoms with van der Waals surface area (Å²) >= 11 is 3.50. The molecular formula is C22H26N2O2S2. The predicted molar refractivity (Wildman–Crippen MR) is 120 cm³/mol. The van der Waals surface area contributed by atoms with Gasteiger partial charge in [-0.2, -0.15) is 11.8 Å². The first kappa shape index (κ1) is 20.8.